The Hall–Kier alpha value is -1.68. The SMILES string of the molecule is C[C@H](Oc1ccc(Br)cc1F)c1noc(NS(C)(=O)=O)n1. The number of halogens is 2. The molecule has 2 rings (SSSR count). The Kier molecular flexibility index (Phi) is 4.47. The lowest BCUT2D eigenvalue weighted by atomic mass is 10.3. The molecule has 1 atom stereocenters. The maximum Gasteiger partial charge on any atom is 0.335 e. The predicted molar refractivity (Wildman–Crippen MR) is 75.9 cm³/mol. The van der Waals surface area contributed by atoms with Crippen LogP contribution in [0.3, 0.4) is 0 Å². The molecule has 10 heteroatoms. The van der Waals surface area contributed by atoms with Crippen molar-refractivity contribution >= 4 is 32.0 Å². The van der Waals surface area contributed by atoms with Gasteiger partial charge < -0.3 is 9.26 Å². The minimum atomic E-state index is -3.51. The Labute approximate surface area is 128 Å². The molecule has 7 nitrogen and oxygen atoms in total. The second-order valence-corrected chi connectivity index (χ2v) is 6.83. The highest BCUT2D eigenvalue weighted by molar-refractivity contribution is 9.10. The van der Waals surface area contributed by atoms with Gasteiger partial charge in [0.25, 0.3) is 0 Å². The van der Waals surface area contributed by atoms with Gasteiger partial charge >= 0.3 is 6.01 Å². The lowest BCUT2D eigenvalue weighted by Crippen LogP contribution is -2.10. The highest BCUT2D eigenvalue weighted by Crippen LogP contribution is 2.26. The van der Waals surface area contributed by atoms with E-state index < -0.39 is 21.9 Å². The molecule has 0 saturated heterocycles. The molecule has 2 aromatic rings. The van der Waals surface area contributed by atoms with Crippen molar-refractivity contribution in [1.82, 2.24) is 10.1 Å². The number of anilines is 1. The van der Waals surface area contributed by atoms with Crippen molar-refractivity contribution in [3.63, 3.8) is 0 Å². The molecular weight excluding hydrogens is 369 g/mol. The summed E-state index contributed by atoms with van der Waals surface area (Å²) < 4.78 is 48.4. The quantitative estimate of drug-likeness (QED) is 0.857. The van der Waals surface area contributed by atoms with E-state index in [2.05, 4.69) is 26.1 Å². The average molecular weight is 380 g/mol. The van der Waals surface area contributed by atoms with E-state index in [0.717, 1.165) is 6.26 Å². The second-order valence-electron chi connectivity index (χ2n) is 4.17. The van der Waals surface area contributed by atoms with Crippen LogP contribution in [0.4, 0.5) is 10.4 Å². The van der Waals surface area contributed by atoms with E-state index in [-0.39, 0.29) is 17.6 Å². The van der Waals surface area contributed by atoms with Crippen molar-refractivity contribution in [2.24, 2.45) is 0 Å². The van der Waals surface area contributed by atoms with Gasteiger partial charge in [-0.3, -0.25) is 0 Å². The monoisotopic (exact) mass is 379 g/mol. The van der Waals surface area contributed by atoms with E-state index in [9.17, 15) is 12.8 Å². The molecule has 0 fully saturated rings. The van der Waals surface area contributed by atoms with Gasteiger partial charge in [0.15, 0.2) is 17.7 Å². The third kappa shape index (κ3) is 4.39. The van der Waals surface area contributed by atoms with Gasteiger partial charge in [-0.1, -0.05) is 21.1 Å². The number of rotatable bonds is 5. The van der Waals surface area contributed by atoms with Crippen LogP contribution in [0.15, 0.2) is 27.2 Å². The molecule has 21 heavy (non-hydrogen) atoms. The molecule has 0 aliphatic carbocycles. The first-order valence-corrected chi connectivity index (χ1v) is 8.36. The lowest BCUT2D eigenvalue weighted by Gasteiger charge is -2.11. The van der Waals surface area contributed by atoms with Crippen molar-refractivity contribution < 1.29 is 22.1 Å². The zero-order chi connectivity index (χ0) is 15.6. The summed E-state index contributed by atoms with van der Waals surface area (Å²) >= 11 is 3.14. The van der Waals surface area contributed by atoms with Gasteiger partial charge in [0.1, 0.15) is 0 Å². The number of aromatic nitrogens is 2. The molecule has 1 heterocycles. The zero-order valence-corrected chi connectivity index (χ0v) is 13.4. The summed E-state index contributed by atoms with van der Waals surface area (Å²) in [6.07, 6.45) is 0.230. The van der Waals surface area contributed by atoms with Crippen LogP contribution >= 0.6 is 15.9 Å². The summed E-state index contributed by atoms with van der Waals surface area (Å²) in [6.45, 7) is 1.58. The number of nitrogens with zero attached hydrogens (tertiary/aromatic N) is 2. The third-order valence-corrected chi connectivity index (χ3v) is 3.31. The first-order valence-electron chi connectivity index (χ1n) is 5.68. The highest BCUT2D eigenvalue weighted by Gasteiger charge is 2.18. The maximum absolute atomic E-state index is 13.6. The number of benzene rings is 1. The van der Waals surface area contributed by atoms with Crippen LogP contribution in [0.2, 0.25) is 0 Å². The summed E-state index contributed by atoms with van der Waals surface area (Å²) in [6, 6.07) is 4.05. The highest BCUT2D eigenvalue weighted by atomic mass is 79.9. The number of hydrogen-bond acceptors (Lipinski definition) is 6. The van der Waals surface area contributed by atoms with Gasteiger partial charge in [0.05, 0.1) is 6.26 Å². The molecule has 1 N–H and O–H groups in total. The van der Waals surface area contributed by atoms with Gasteiger partial charge in [-0.2, -0.15) is 4.98 Å². The van der Waals surface area contributed by atoms with E-state index in [1.165, 1.54) is 12.1 Å². The molecule has 114 valence electrons. The van der Waals surface area contributed by atoms with Crippen molar-refractivity contribution in [3.8, 4) is 5.75 Å². The molecule has 0 amide bonds. The molecule has 0 spiro atoms. The van der Waals surface area contributed by atoms with E-state index >= 15 is 0 Å². The largest absolute Gasteiger partial charge is 0.480 e. The molecule has 0 saturated carbocycles. The average Bonchev–Trinajstić information content (AvgIpc) is 2.78. The summed E-state index contributed by atoms with van der Waals surface area (Å²) in [5.74, 6) is -0.439. The zero-order valence-electron chi connectivity index (χ0n) is 11.0. The Morgan fingerprint density at radius 3 is 2.81 bits per heavy atom. The normalized spacial score (nSPS) is 13.0. The fourth-order valence-corrected chi connectivity index (χ4v) is 2.15. The van der Waals surface area contributed by atoms with E-state index in [4.69, 9.17) is 9.26 Å². The van der Waals surface area contributed by atoms with Gasteiger partial charge in [-0.15, -0.1) is 0 Å². The molecular formula is C11H11BrFN3O4S. The molecule has 0 unspecified atom stereocenters. The fourth-order valence-electron chi connectivity index (χ4n) is 1.41. The van der Waals surface area contributed by atoms with Crippen LogP contribution in [0.5, 0.6) is 5.75 Å². The molecule has 0 bridgehead atoms. The minimum absolute atomic E-state index is 0.0214. The Morgan fingerprint density at radius 2 is 2.19 bits per heavy atom. The van der Waals surface area contributed by atoms with Crippen LogP contribution in [0.25, 0.3) is 0 Å². The van der Waals surface area contributed by atoms with Crippen LogP contribution in [0.1, 0.15) is 18.9 Å². The molecule has 0 radical (unpaired) electrons. The lowest BCUT2D eigenvalue weighted by molar-refractivity contribution is 0.201. The van der Waals surface area contributed by atoms with Crippen molar-refractivity contribution in [1.29, 1.82) is 0 Å². The van der Waals surface area contributed by atoms with Crippen LogP contribution in [-0.4, -0.2) is 24.8 Å². The number of nitrogens with one attached hydrogen (secondary N) is 1. The van der Waals surface area contributed by atoms with Crippen LogP contribution in [-0.2, 0) is 10.0 Å². The standard InChI is InChI=1S/C11H11BrFN3O4S/c1-6(19-9-4-3-7(12)5-8(9)13)10-14-11(20-15-10)16-21(2,17)18/h3-6H,1-2H3,(H,14,15,16)/t6-/m0/s1. The van der Waals surface area contributed by atoms with Gasteiger partial charge in [0, 0.05) is 4.47 Å². The number of sulfonamides is 1. The Bertz CT molecular complexity index is 750. The summed E-state index contributed by atoms with van der Waals surface area (Å²) in [5, 5.41) is 3.57. The van der Waals surface area contributed by atoms with Gasteiger partial charge in [0.2, 0.25) is 15.8 Å². The van der Waals surface area contributed by atoms with Crippen molar-refractivity contribution in [3.05, 3.63) is 34.3 Å². The first-order chi connectivity index (χ1) is 9.74. The first kappa shape index (κ1) is 15.7. The Morgan fingerprint density at radius 1 is 1.48 bits per heavy atom. The maximum atomic E-state index is 13.6. The third-order valence-electron chi connectivity index (χ3n) is 2.28. The molecule has 0 aliphatic rings. The smallest absolute Gasteiger partial charge is 0.335 e. The van der Waals surface area contributed by atoms with Crippen LogP contribution < -0.4 is 9.46 Å². The van der Waals surface area contributed by atoms with Crippen LogP contribution in [0, 0.1) is 5.82 Å². The topological polar surface area (TPSA) is 94.3 Å². The summed E-state index contributed by atoms with van der Waals surface area (Å²) in [7, 11) is -3.51. The van der Waals surface area contributed by atoms with Crippen molar-refractivity contribution in [2.75, 3.05) is 11.0 Å². The number of ether oxygens (including phenoxy) is 1. The molecule has 0 aliphatic heterocycles. The summed E-state index contributed by atoms with van der Waals surface area (Å²) in [5.41, 5.74) is 0. The van der Waals surface area contributed by atoms with Crippen molar-refractivity contribution in [2.45, 2.75) is 13.0 Å². The fraction of sp³-hybridized carbons (Fsp3) is 0.273. The van der Waals surface area contributed by atoms with E-state index in [1.807, 2.05) is 4.72 Å². The Balaban J connectivity index is 2.11. The predicted octanol–water partition coefficient (Wildman–Crippen LogP) is 2.48. The van der Waals surface area contributed by atoms with Gasteiger partial charge in [-0.05, 0) is 25.1 Å². The molecule has 1 aromatic heterocycles. The second kappa shape index (κ2) is 5.98. The van der Waals surface area contributed by atoms with Gasteiger partial charge in [-0.25, -0.2) is 17.5 Å². The van der Waals surface area contributed by atoms with E-state index in [1.54, 1.807) is 13.0 Å². The summed E-state index contributed by atoms with van der Waals surface area (Å²) in [4.78, 5) is 3.81. The van der Waals surface area contributed by atoms with E-state index in [0.29, 0.717) is 4.47 Å². The minimum Gasteiger partial charge on any atom is -0.480 e. The number of hydrogen-bond donors (Lipinski definition) is 1. The molecule has 1 aromatic carbocycles.